The van der Waals surface area contributed by atoms with Crippen LogP contribution in [0.25, 0.3) is 11.4 Å². The van der Waals surface area contributed by atoms with Crippen LogP contribution in [-0.4, -0.2) is 60.6 Å². The molecule has 2 aromatic rings. The molecule has 11 nitrogen and oxygen atoms in total. The van der Waals surface area contributed by atoms with Crippen molar-refractivity contribution >= 4 is 23.4 Å². The summed E-state index contributed by atoms with van der Waals surface area (Å²) < 4.78 is 0. The molecule has 0 spiro atoms. The molecule has 138 valence electrons. The monoisotopic (exact) mass is 369 g/mol. The number of piperidine rings is 1. The first-order valence-corrected chi connectivity index (χ1v) is 8.19. The van der Waals surface area contributed by atoms with E-state index in [1.807, 2.05) is 0 Å². The highest BCUT2D eigenvalue weighted by Gasteiger charge is 2.42. The second-order valence-electron chi connectivity index (χ2n) is 6.13. The molecule has 2 unspecified atom stereocenters. The van der Waals surface area contributed by atoms with Gasteiger partial charge in [-0.1, -0.05) is 12.1 Å². The van der Waals surface area contributed by atoms with Crippen LogP contribution in [-0.2, 0) is 14.4 Å². The van der Waals surface area contributed by atoms with E-state index in [-0.39, 0.29) is 24.4 Å². The molecule has 3 amide bonds. The Labute approximate surface area is 152 Å². The third-order valence-corrected chi connectivity index (χ3v) is 4.38. The molecule has 3 heterocycles. The van der Waals surface area contributed by atoms with Gasteiger partial charge >= 0.3 is 0 Å². The number of carbonyl (C=O) groups excluding carboxylic acids is 3. The number of tetrazole rings is 1. The summed E-state index contributed by atoms with van der Waals surface area (Å²) in [7, 11) is 0. The van der Waals surface area contributed by atoms with Gasteiger partial charge in [0.25, 0.3) is 5.91 Å². The number of nitrogens with one attached hydrogen (secondary N) is 3. The molecule has 1 aromatic heterocycles. The van der Waals surface area contributed by atoms with Crippen molar-refractivity contribution in [2.75, 3.05) is 5.32 Å². The molecule has 0 radical (unpaired) electrons. The van der Waals surface area contributed by atoms with Gasteiger partial charge in [0.1, 0.15) is 6.04 Å². The van der Waals surface area contributed by atoms with Gasteiger partial charge in [-0.3, -0.25) is 24.6 Å². The first-order chi connectivity index (χ1) is 13.0. The molecular formula is C16H15N7O4. The van der Waals surface area contributed by atoms with Crippen molar-refractivity contribution in [2.45, 2.75) is 25.1 Å². The molecule has 1 aromatic carbocycles. The molecule has 1 saturated heterocycles. The standard InChI is InChI=1S/C16H15N7O4/c24-12-5-4-11(15(26)18-12)23-13(25)7-10(16(23)27)17-9-3-1-2-8(6-9)14-19-21-22-20-14/h1-3,6-7,11,16-17,27H,4-5H2,(H,18,24,26)(H,19,20,21,22). The number of aromatic amines is 1. The van der Waals surface area contributed by atoms with Crippen molar-refractivity contribution in [3.8, 4) is 11.4 Å². The maximum absolute atomic E-state index is 12.3. The topological polar surface area (TPSA) is 153 Å². The van der Waals surface area contributed by atoms with Crippen LogP contribution in [0.4, 0.5) is 5.69 Å². The van der Waals surface area contributed by atoms with Crippen molar-refractivity contribution in [2.24, 2.45) is 0 Å². The number of hydrogen-bond acceptors (Lipinski definition) is 8. The van der Waals surface area contributed by atoms with E-state index in [0.717, 1.165) is 4.90 Å². The first kappa shape index (κ1) is 16.8. The van der Waals surface area contributed by atoms with Crippen molar-refractivity contribution in [3.63, 3.8) is 0 Å². The van der Waals surface area contributed by atoms with E-state index in [1.54, 1.807) is 24.3 Å². The van der Waals surface area contributed by atoms with Crippen LogP contribution in [0.1, 0.15) is 12.8 Å². The van der Waals surface area contributed by atoms with E-state index in [0.29, 0.717) is 17.1 Å². The number of aromatic nitrogens is 4. The number of aliphatic hydroxyl groups excluding tert-OH is 1. The lowest BCUT2D eigenvalue weighted by Crippen LogP contribution is -2.55. The summed E-state index contributed by atoms with van der Waals surface area (Å²) in [6.45, 7) is 0. The van der Waals surface area contributed by atoms with Crippen LogP contribution in [0.15, 0.2) is 36.0 Å². The van der Waals surface area contributed by atoms with Crippen LogP contribution >= 0.6 is 0 Å². The van der Waals surface area contributed by atoms with Gasteiger partial charge in [-0.15, -0.1) is 10.2 Å². The fraction of sp³-hybridized carbons (Fsp3) is 0.250. The van der Waals surface area contributed by atoms with Crippen molar-refractivity contribution in [1.82, 2.24) is 30.8 Å². The number of anilines is 1. The van der Waals surface area contributed by atoms with E-state index < -0.39 is 24.1 Å². The molecule has 0 aliphatic carbocycles. The number of carbonyl (C=O) groups is 3. The SMILES string of the molecule is O=C1CCC(N2C(=O)C=C(Nc3cccc(-c4nn[nH]n4)c3)C2O)C(=O)N1. The molecule has 27 heavy (non-hydrogen) atoms. The molecule has 2 aliphatic rings. The quantitative estimate of drug-likeness (QED) is 0.507. The lowest BCUT2D eigenvalue weighted by molar-refractivity contribution is -0.148. The van der Waals surface area contributed by atoms with Gasteiger partial charge in [-0.05, 0) is 23.8 Å². The van der Waals surface area contributed by atoms with Gasteiger partial charge in [0.15, 0.2) is 6.23 Å². The maximum Gasteiger partial charge on any atom is 0.251 e. The molecule has 2 atom stereocenters. The summed E-state index contributed by atoms with van der Waals surface area (Å²) in [6, 6.07) is 6.13. The predicted molar refractivity (Wildman–Crippen MR) is 90.3 cm³/mol. The van der Waals surface area contributed by atoms with Crippen LogP contribution in [0.3, 0.4) is 0 Å². The van der Waals surface area contributed by atoms with Crippen molar-refractivity contribution < 1.29 is 19.5 Å². The van der Waals surface area contributed by atoms with Crippen LogP contribution in [0, 0.1) is 0 Å². The van der Waals surface area contributed by atoms with Gasteiger partial charge < -0.3 is 10.4 Å². The Hall–Kier alpha value is -3.60. The number of hydrogen-bond donors (Lipinski definition) is 4. The highest BCUT2D eigenvalue weighted by molar-refractivity contribution is 6.03. The van der Waals surface area contributed by atoms with E-state index in [9.17, 15) is 19.5 Å². The summed E-state index contributed by atoms with van der Waals surface area (Å²) in [6.07, 6.45) is 0.190. The molecule has 4 rings (SSSR count). The number of nitrogens with zero attached hydrogens (tertiary/aromatic N) is 4. The molecule has 4 N–H and O–H groups in total. The Morgan fingerprint density at radius 3 is 2.85 bits per heavy atom. The van der Waals surface area contributed by atoms with Gasteiger partial charge in [0.05, 0.1) is 5.70 Å². The summed E-state index contributed by atoms with van der Waals surface area (Å²) in [4.78, 5) is 36.7. The van der Waals surface area contributed by atoms with E-state index >= 15 is 0 Å². The Balaban J connectivity index is 1.51. The van der Waals surface area contributed by atoms with Crippen LogP contribution in [0.2, 0.25) is 0 Å². The minimum absolute atomic E-state index is 0.114. The van der Waals surface area contributed by atoms with Gasteiger partial charge in [-0.2, -0.15) is 5.21 Å². The predicted octanol–water partition coefficient (Wildman–Crippen LogP) is -0.872. The smallest absolute Gasteiger partial charge is 0.251 e. The molecule has 0 bridgehead atoms. The Morgan fingerprint density at radius 1 is 1.26 bits per heavy atom. The largest absolute Gasteiger partial charge is 0.368 e. The zero-order chi connectivity index (χ0) is 19.0. The van der Waals surface area contributed by atoms with Crippen molar-refractivity contribution in [1.29, 1.82) is 0 Å². The number of benzene rings is 1. The Bertz CT molecular complexity index is 940. The molecule has 11 heteroatoms. The van der Waals surface area contributed by atoms with Gasteiger partial charge in [-0.25, -0.2) is 0 Å². The highest BCUT2D eigenvalue weighted by Crippen LogP contribution is 2.27. The average molecular weight is 369 g/mol. The number of rotatable bonds is 4. The summed E-state index contributed by atoms with van der Waals surface area (Å²) in [5.74, 6) is -1.08. The zero-order valence-electron chi connectivity index (χ0n) is 13.9. The molecule has 1 fully saturated rings. The second-order valence-corrected chi connectivity index (χ2v) is 6.13. The number of aliphatic hydroxyl groups is 1. The van der Waals surface area contributed by atoms with Crippen molar-refractivity contribution in [3.05, 3.63) is 36.0 Å². The lowest BCUT2D eigenvalue weighted by atomic mass is 10.0. The minimum Gasteiger partial charge on any atom is -0.368 e. The third kappa shape index (κ3) is 3.15. The van der Waals surface area contributed by atoms with Gasteiger partial charge in [0.2, 0.25) is 17.6 Å². The molecule has 2 aliphatic heterocycles. The summed E-state index contributed by atoms with van der Waals surface area (Å²) in [5, 5.41) is 29.4. The normalized spacial score (nSPS) is 22.6. The Kier molecular flexibility index (Phi) is 4.12. The zero-order valence-corrected chi connectivity index (χ0v) is 13.9. The number of amides is 3. The number of H-pyrrole nitrogens is 1. The van der Waals surface area contributed by atoms with E-state index in [1.165, 1.54) is 6.08 Å². The first-order valence-electron chi connectivity index (χ1n) is 8.19. The average Bonchev–Trinajstić information content (AvgIpc) is 3.26. The summed E-state index contributed by atoms with van der Waals surface area (Å²) in [5.41, 5.74) is 1.52. The van der Waals surface area contributed by atoms with E-state index in [2.05, 4.69) is 31.3 Å². The van der Waals surface area contributed by atoms with Gasteiger partial charge in [0, 0.05) is 23.7 Å². The minimum atomic E-state index is -1.32. The molecule has 0 saturated carbocycles. The van der Waals surface area contributed by atoms with E-state index in [4.69, 9.17) is 0 Å². The number of imide groups is 1. The molecular weight excluding hydrogens is 354 g/mol. The summed E-state index contributed by atoms with van der Waals surface area (Å²) >= 11 is 0. The van der Waals surface area contributed by atoms with Crippen LogP contribution < -0.4 is 10.6 Å². The second kappa shape index (κ2) is 6.61. The lowest BCUT2D eigenvalue weighted by Gasteiger charge is -2.32. The fourth-order valence-electron chi connectivity index (χ4n) is 3.11. The maximum atomic E-state index is 12.3. The third-order valence-electron chi connectivity index (χ3n) is 4.38. The van der Waals surface area contributed by atoms with Crippen LogP contribution in [0.5, 0.6) is 0 Å². The highest BCUT2D eigenvalue weighted by atomic mass is 16.3. The fourth-order valence-corrected chi connectivity index (χ4v) is 3.11. The Morgan fingerprint density at radius 2 is 2.11 bits per heavy atom.